The summed E-state index contributed by atoms with van der Waals surface area (Å²) in [7, 11) is 0. The zero-order chi connectivity index (χ0) is 13.9. The van der Waals surface area contributed by atoms with Crippen molar-refractivity contribution in [3.8, 4) is 12.3 Å². The second-order valence-electron chi connectivity index (χ2n) is 4.06. The van der Waals surface area contributed by atoms with E-state index in [0.29, 0.717) is 0 Å². The third-order valence-electron chi connectivity index (χ3n) is 2.33. The molecule has 0 spiro atoms. The third-order valence-corrected chi connectivity index (χ3v) is 3.16. The molecule has 1 aromatic heterocycles. The van der Waals surface area contributed by atoms with Gasteiger partial charge in [-0.05, 0) is 37.4 Å². The molecule has 96 valence electrons. The van der Waals surface area contributed by atoms with Gasteiger partial charge in [0.15, 0.2) is 0 Å². The molecule has 0 atom stereocenters. The van der Waals surface area contributed by atoms with Gasteiger partial charge in [-0.1, -0.05) is 59.6 Å². The molecule has 0 aliphatic rings. The molecule has 1 heterocycles. The summed E-state index contributed by atoms with van der Waals surface area (Å²) in [6.45, 7) is 4.11. The average Bonchev–Trinajstić information content (AvgIpc) is 2.92. The first-order chi connectivity index (χ1) is 9.22. The Morgan fingerprint density at radius 2 is 1.84 bits per heavy atom. The number of allylic oxidation sites excluding steroid dienone is 9. The molecule has 0 N–H and O–H groups in total. The normalized spacial score (nSPS) is 13.7. The quantitative estimate of drug-likeness (QED) is 0.494. The number of rotatable bonds is 5. The van der Waals surface area contributed by atoms with Gasteiger partial charge in [0, 0.05) is 4.88 Å². The van der Waals surface area contributed by atoms with Crippen LogP contribution in [0.2, 0.25) is 0 Å². The lowest BCUT2D eigenvalue weighted by molar-refractivity contribution is 1.51. The summed E-state index contributed by atoms with van der Waals surface area (Å²) in [5.74, 6) is 2.47. The first kappa shape index (κ1) is 15.0. The molecule has 0 aliphatic heterocycles. The first-order valence-corrected chi connectivity index (χ1v) is 6.96. The van der Waals surface area contributed by atoms with Crippen LogP contribution in [0.4, 0.5) is 0 Å². The van der Waals surface area contributed by atoms with Gasteiger partial charge in [0.05, 0.1) is 0 Å². The molecule has 1 rings (SSSR count). The molecular weight excluding hydrogens is 248 g/mol. The Bertz CT molecular complexity index is 555. The van der Waals surface area contributed by atoms with Crippen molar-refractivity contribution in [2.45, 2.75) is 13.8 Å². The zero-order valence-corrected chi connectivity index (χ0v) is 12.2. The summed E-state index contributed by atoms with van der Waals surface area (Å²) in [5, 5.41) is 2.08. The fourth-order valence-electron chi connectivity index (χ4n) is 1.31. The average molecular weight is 266 g/mol. The Balaban J connectivity index is 2.52. The monoisotopic (exact) mass is 266 g/mol. The van der Waals surface area contributed by atoms with E-state index in [0.717, 1.165) is 5.57 Å². The third kappa shape index (κ3) is 7.08. The fourth-order valence-corrected chi connectivity index (χ4v) is 1.92. The van der Waals surface area contributed by atoms with E-state index in [1.54, 1.807) is 17.4 Å². The maximum Gasteiger partial charge on any atom is 0.0270 e. The van der Waals surface area contributed by atoms with E-state index >= 15 is 0 Å². The van der Waals surface area contributed by atoms with Crippen molar-refractivity contribution >= 4 is 17.4 Å². The molecule has 0 aromatic carbocycles. The van der Waals surface area contributed by atoms with Crippen molar-refractivity contribution in [1.29, 1.82) is 0 Å². The molecule has 0 unspecified atom stereocenters. The molecular formula is C18H18S. The molecule has 0 saturated carbocycles. The van der Waals surface area contributed by atoms with Crippen molar-refractivity contribution < 1.29 is 0 Å². The van der Waals surface area contributed by atoms with Crippen LogP contribution < -0.4 is 0 Å². The Labute approximate surface area is 120 Å². The molecule has 0 radical (unpaired) electrons. The van der Waals surface area contributed by atoms with Crippen LogP contribution in [0.15, 0.2) is 71.2 Å². The predicted molar refractivity (Wildman–Crippen MR) is 88.0 cm³/mol. The summed E-state index contributed by atoms with van der Waals surface area (Å²) >= 11 is 1.74. The van der Waals surface area contributed by atoms with Crippen molar-refractivity contribution in [3.05, 3.63) is 76.1 Å². The predicted octanol–water partition coefficient (Wildman–Crippen LogP) is 5.40. The number of hydrogen-bond acceptors (Lipinski definition) is 1. The highest BCUT2D eigenvalue weighted by atomic mass is 32.1. The van der Waals surface area contributed by atoms with E-state index in [2.05, 4.69) is 48.6 Å². The number of hydrogen-bond donors (Lipinski definition) is 0. The second kappa shape index (κ2) is 8.97. The molecule has 19 heavy (non-hydrogen) atoms. The molecule has 0 amide bonds. The Morgan fingerprint density at radius 3 is 2.42 bits per heavy atom. The molecule has 0 saturated heterocycles. The van der Waals surface area contributed by atoms with Crippen LogP contribution in [0, 0.1) is 12.3 Å². The summed E-state index contributed by atoms with van der Waals surface area (Å²) < 4.78 is 0. The Morgan fingerprint density at radius 1 is 1.16 bits per heavy atom. The van der Waals surface area contributed by atoms with Crippen molar-refractivity contribution in [2.24, 2.45) is 0 Å². The standard InChI is InChI=1S/C18H18S/c1-4-5-9-16(2)10-6-7-11-17(3)13-14-18-12-8-15-19-18/h1,5-15H,2-3H3/b7-6+,9-5+,14-13+,16-10+,17-11+. The van der Waals surface area contributed by atoms with Crippen LogP contribution >= 0.6 is 11.3 Å². The van der Waals surface area contributed by atoms with Gasteiger partial charge in [-0.15, -0.1) is 17.8 Å². The van der Waals surface area contributed by atoms with Gasteiger partial charge in [-0.25, -0.2) is 0 Å². The highest BCUT2D eigenvalue weighted by Gasteiger charge is 1.85. The van der Waals surface area contributed by atoms with Crippen molar-refractivity contribution in [1.82, 2.24) is 0 Å². The molecule has 0 nitrogen and oxygen atoms in total. The minimum absolute atomic E-state index is 1.13. The van der Waals surface area contributed by atoms with Gasteiger partial charge in [-0.3, -0.25) is 0 Å². The van der Waals surface area contributed by atoms with Gasteiger partial charge >= 0.3 is 0 Å². The minimum Gasteiger partial charge on any atom is -0.144 e. The van der Waals surface area contributed by atoms with Gasteiger partial charge in [0.1, 0.15) is 0 Å². The van der Waals surface area contributed by atoms with Gasteiger partial charge in [0.2, 0.25) is 0 Å². The molecule has 0 bridgehead atoms. The van der Waals surface area contributed by atoms with Crippen LogP contribution in [0.1, 0.15) is 18.7 Å². The van der Waals surface area contributed by atoms with E-state index < -0.39 is 0 Å². The molecule has 0 fully saturated rings. The molecule has 1 heteroatoms. The fraction of sp³-hybridized carbons (Fsp3) is 0.111. The van der Waals surface area contributed by atoms with E-state index in [1.807, 2.05) is 31.2 Å². The van der Waals surface area contributed by atoms with Crippen LogP contribution in [0.3, 0.4) is 0 Å². The summed E-state index contributed by atoms with van der Waals surface area (Å²) in [4.78, 5) is 1.27. The Kier molecular flexibility index (Phi) is 7.09. The number of terminal acetylenes is 1. The summed E-state index contributed by atoms with van der Waals surface area (Å²) in [5.41, 5.74) is 2.35. The molecule has 0 aliphatic carbocycles. The summed E-state index contributed by atoms with van der Waals surface area (Å²) in [6.07, 6.45) is 21.2. The van der Waals surface area contributed by atoms with E-state index in [9.17, 15) is 0 Å². The maximum absolute atomic E-state index is 5.15. The lowest BCUT2D eigenvalue weighted by Gasteiger charge is -1.88. The number of thiophene rings is 1. The van der Waals surface area contributed by atoms with Crippen LogP contribution in [-0.4, -0.2) is 0 Å². The maximum atomic E-state index is 5.15. The van der Waals surface area contributed by atoms with E-state index in [4.69, 9.17) is 6.42 Å². The van der Waals surface area contributed by atoms with Crippen molar-refractivity contribution in [3.63, 3.8) is 0 Å². The second-order valence-corrected chi connectivity index (χ2v) is 5.03. The van der Waals surface area contributed by atoms with Gasteiger partial charge in [-0.2, -0.15) is 0 Å². The van der Waals surface area contributed by atoms with Crippen molar-refractivity contribution in [2.75, 3.05) is 0 Å². The van der Waals surface area contributed by atoms with Gasteiger partial charge < -0.3 is 0 Å². The molecule has 1 aromatic rings. The van der Waals surface area contributed by atoms with E-state index in [1.165, 1.54) is 10.5 Å². The zero-order valence-electron chi connectivity index (χ0n) is 11.3. The highest BCUT2D eigenvalue weighted by Crippen LogP contribution is 2.11. The smallest absolute Gasteiger partial charge is 0.0270 e. The first-order valence-electron chi connectivity index (χ1n) is 6.08. The van der Waals surface area contributed by atoms with Crippen LogP contribution in [0.5, 0.6) is 0 Å². The minimum atomic E-state index is 1.13. The van der Waals surface area contributed by atoms with E-state index in [-0.39, 0.29) is 0 Å². The summed E-state index contributed by atoms with van der Waals surface area (Å²) in [6, 6.07) is 4.16. The largest absolute Gasteiger partial charge is 0.144 e. The van der Waals surface area contributed by atoms with Crippen LogP contribution in [0.25, 0.3) is 6.08 Å². The topological polar surface area (TPSA) is 0 Å². The highest BCUT2D eigenvalue weighted by molar-refractivity contribution is 7.10. The lowest BCUT2D eigenvalue weighted by atomic mass is 10.2. The SMILES string of the molecule is C#C/C=C/C(C)=C/C=C/C=C(C)/C=C/c1cccs1. The van der Waals surface area contributed by atoms with Crippen LogP contribution in [-0.2, 0) is 0 Å². The Hall–Kier alpha value is -2.04. The lowest BCUT2D eigenvalue weighted by Crippen LogP contribution is -1.67. The van der Waals surface area contributed by atoms with Gasteiger partial charge in [0.25, 0.3) is 0 Å².